The number of methoxy groups -OCH3 is 1. The zero-order chi connectivity index (χ0) is 19.2. The van der Waals surface area contributed by atoms with Gasteiger partial charge >= 0.3 is 0 Å². The minimum atomic E-state index is -0.00650. The van der Waals surface area contributed by atoms with Crippen LogP contribution in [0.5, 0.6) is 5.75 Å². The summed E-state index contributed by atoms with van der Waals surface area (Å²) >= 11 is 0. The van der Waals surface area contributed by atoms with Crippen molar-refractivity contribution < 1.29 is 9.53 Å². The molecule has 3 aromatic rings. The fourth-order valence-electron chi connectivity index (χ4n) is 3.17. The number of benzene rings is 2. The smallest absolute Gasteiger partial charge is 0.223 e. The number of aromatic nitrogens is 2. The number of hydrogen-bond donors (Lipinski definition) is 1. The summed E-state index contributed by atoms with van der Waals surface area (Å²) < 4.78 is 5.26. The monoisotopic (exact) mass is 363 g/mol. The highest BCUT2D eigenvalue weighted by atomic mass is 16.5. The SMILES string of the molecule is COc1ccc([C@H](CC(=O)N(C)Cc2cc(C)[nH]n2)c2ccccc2)cc1. The second-order valence-corrected chi connectivity index (χ2v) is 6.73. The van der Waals surface area contributed by atoms with Crippen molar-refractivity contribution in [2.75, 3.05) is 14.2 Å². The zero-order valence-corrected chi connectivity index (χ0v) is 16.0. The first kappa shape index (κ1) is 18.7. The molecule has 3 rings (SSSR count). The summed E-state index contributed by atoms with van der Waals surface area (Å²) in [5.74, 6) is 0.885. The molecule has 140 valence electrons. The molecule has 0 unspecified atom stereocenters. The lowest BCUT2D eigenvalue weighted by Crippen LogP contribution is -2.28. The van der Waals surface area contributed by atoms with Gasteiger partial charge in [0.05, 0.1) is 19.3 Å². The largest absolute Gasteiger partial charge is 0.497 e. The van der Waals surface area contributed by atoms with Gasteiger partial charge in [-0.2, -0.15) is 5.10 Å². The molecule has 0 saturated carbocycles. The molecule has 0 aliphatic carbocycles. The Morgan fingerprint density at radius 3 is 2.37 bits per heavy atom. The van der Waals surface area contributed by atoms with E-state index in [-0.39, 0.29) is 11.8 Å². The number of nitrogens with zero attached hydrogens (tertiary/aromatic N) is 2. The van der Waals surface area contributed by atoms with Gasteiger partial charge in [0.25, 0.3) is 0 Å². The third-order valence-electron chi connectivity index (χ3n) is 4.68. The van der Waals surface area contributed by atoms with Gasteiger partial charge in [-0.05, 0) is 36.2 Å². The van der Waals surface area contributed by atoms with Crippen molar-refractivity contribution in [3.8, 4) is 5.75 Å². The molecule has 1 aromatic heterocycles. The zero-order valence-electron chi connectivity index (χ0n) is 16.0. The van der Waals surface area contributed by atoms with Crippen LogP contribution in [-0.4, -0.2) is 35.2 Å². The Bertz CT molecular complexity index is 872. The van der Waals surface area contributed by atoms with E-state index in [0.717, 1.165) is 28.3 Å². The maximum Gasteiger partial charge on any atom is 0.223 e. The van der Waals surface area contributed by atoms with E-state index in [2.05, 4.69) is 22.3 Å². The number of carbonyl (C=O) groups excluding carboxylic acids is 1. The van der Waals surface area contributed by atoms with Crippen LogP contribution in [0.3, 0.4) is 0 Å². The lowest BCUT2D eigenvalue weighted by molar-refractivity contribution is -0.130. The van der Waals surface area contributed by atoms with Crippen molar-refractivity contribution in [1.82, 2.24) is 15.1 Å². The van der Waals surface area contributed by atoms with E-state index in [1.165, 1.54) is 0 Å². The normalized spacial score (nSPS) is 11.8. The predicted molar refractivity (Wildman–Crippen MR) is 106 cm³/mol. The molecule has 1 heterocycles. The molecular formula is C22H25N3O2. The Morgan fingerprint density at radius 2 is 1.78 bits per heavy atom. The third-order valence-corrected chi connectivity index (χ3v) is 4.68. The number of nitrogens with one attached hydrogen (secondary N) is 1. The summed E-state index contributed by atoms with van der Waals surface area (Å²) in [6.45, 7) is 2.45. The van der Waals surface area contributed by atoms with Crippen LogP contribution in [0, 0.1) is 6.92 Å². The molecule has 0 fully saturated rings. The number of amides is 1. The van der Waals surface area contributed by atoms with E-state index >= 15 is 0 Å². The topological polar surface area (TPSA) is 58.2 Å². The fourth-order valence-corrected chi connectivity index (χ4v) is 3.17. The van der Waals surface area contributed by atoms with Gasteiger partial charge in [-0.1, -0.05) is 42.5 Å². The molecule has 0 aliphatic heterocycles. The maximum absolute atomic E-state index is 12.9. The number of rotatable bonds is 7. The lowest BCUT2D eigenvalue weighted by atomic mass is 9.88. The van der Waals surface area contributed by atoms with Crippen molar-refractivity contribution in [2.45, 2.75) is 25.8 Å². The summed E-state index contributed by atoms with van der Waals surface area (Å²) in [7, 11) is 3.47. The van der Waals surface area contributed by atoms with Gasteiger partial charge in [0, 0.05) is 25.1 Å². The summed E-state index contributed by atoms with van der Waals surface area (Å²) in [6, 6.07) is 20.0. The summed E-state index contributed by atoms with van der Waals surface area (Å²) in [5, 5.41) is 7.14. The Hall–Kier alpha value is -3.08. The van der Waals surface area contributed by atoms with Crippen molar-refractivity contribution >= 4 is 5.91 Å². The molecule has 0 saturated heterocycles. The predicted octanol–water partition coefficient (Wildman–Crippen LogP) is 3.91. The van der Waals surface area contributed by atoms with E-state index in [0.29, 0.717) is 13.0 Å². The molecule has 1 N–H and O–H groups in total. The molecule has 5 heteroatoms. The average Bonchev–Trinajstić information content (AvgIpc) is 3.11. The average molecular weight is 363 g/mol. The van der Waals surface area contributed by atoms with Crippen molar-refractivity contribution in [1.29, 1.82) is 0 Å². The van der Waals surface area contributed by atoms with Crippen LogP contribution in [0.1, 0.15) is 34.9 Å². The van der Waals surface area contributed by atoms with Crippen molar-refractivity contribution in [3.05, 3.63) is 83.2 Å². The van der Waals surface area contributed by atoms with Crippen LogP contribution in [-0.2, 0) is 11.3 Å². The van der Waals surface area contributed by atoms with Gasteiger partial charge in [0.1, 0.15) is 5.75 Å². The quantitative estimate of drug-likeness (QED) is 0.692. The molecule has 0 aliphatic rings. The summed E-state index contributed by atoms with van der Waals surface area (Å²) in [4.78, 5) is 14.6. The Kier molecular flexibility index (Phi) is 5.91. The molecule has 5 nitrogen and oxygen atoms in total. The van der Waals surface area contributed by atoms with Crippen LogP contribution in [0.15, 0.2) is 60.7 Å². The Morgan fingerprint density at radius 1 is 1.11 bits per heavy atom. The van der Waals surface area contributed by atoms with E-state index in [1.54, 1.807) is 12.0 Å². The Balaban J connectivity index is 1.79. The minimum absolute atomic E-state index is 0.00650. The van der Waals surface area contributed by atoms with E-state index in [1.807, 2.05) is 62.5 Å². The second kappa shape index (κ2) is 8.54. The highest BCUT2D eigenvalue weighted by Crippen LogP contribution is 2.30. The minimum Gasteiger partial charge on any atom is -0.497 e. The van der Waals surface area contributed by atoms with Crippen LogP contribution in [0.2, 0.25) is 0 Å². The molecule has 0 radical (unpaired) electrons. The number of hydrogen-bond acceptors (Lipinski definition) is 3. The van der Waals surface area contributed by atoms with Gasteiger partial charge < -0.3 is 9.64 Å². The molecule has 2 aromatic carbocycles. The number of aryl methyl sites for hydroxylation is 1. The van der Waals surface area contributed by atoms with Gasteiger partial charge in [-0.3, -0.25) is 9.89 Å². The molecule has 27 heavy (non-hydrogen) atoms. The van der Waals surface area contributed by atoms with Crippen molar-refractivity contribution in [3.63, 3.8) is 0 Å². The first-order valence-corrected chi connectivity index (χ1v) is 9.00. The molecule has 0 bridgehead atoms. The highest BCUT2D eigenvalue weighted by molar-refractivity contribution is 5.77. The first-order chi connectivity index (χ1) is 13.1. The van der Waals surface area contributed by atoms with Crippen LogP contribution in [0.4, 0.5) is 0 Å². The maximum atomic E-state index is 12.9. The molecule has 0 spiro atoms. The van der Waals surface area contributed by atoms with Crippen LogP contribution < -0.4 is 4.74 Å². The standard InChI is InChI=1S/C22H25N3O2/c1-16-13-19(24-23-16)15-25(2)22(26)14-21(17-7-5-4-6-8-17)18-9-11-20(27-3)12-10-18/h4-13,21H,14-15H2,1-3H3,(H,23,24)/t21-/m1/s1. The molecule has 1 atom stereocenters. The molecule has 1 amide bonds. The highest BCUT2D eigenvalue weighted by Gasteiger charge is 2.21. The number of aromatic amines is 1. The molecular weight excluding hydrogens is 338 g/mol. The van der Waals surface area contributed by atoms with E-state index in [4.69, 9.17) is 4.74 Å². The fraction of sp³-hybridized carbons (Fsp3) is 0.273. The lowest BCUT2D eigenvalue weighted by Gasteiger charge is -2.22. The van der Waals surface area contributed by atoms with E-state index in [9.17, 15) is 4.79 Å². The van der Waals surface area contributed by atoms with Gasteiger partial charge in [-0.25, -0.2) is 0 Å². The number of carbonyl (C=O) groups is 1. The van der Waals surface area contributed by atoms with Gasteiger partial charge in [0.15, 0.2) is 0 Å². The van der Waals surface area contributed by atoms with Crippen LogP contribution in [0.25, 0.3) is 0 Å². The van der Waals surface area contributed by atoms with Crippen molar-refractivity contribution in [2.24, 2.45) is 0 Å². The van der Waals surface area contributed by atoms with Gasteiger partial charge in [0.2, 0.25) is 5.91 Å². The summed E-state index contributed by atoms with van der Waals surface area (Å²) in [6.07, 6.45) is 0.399. The van der Waals surface area contributed by atoms with Crippen LogP contribution >= 0.6 is 0 Å². The number of H-pyrrole nitrogens is 1. The Labute approximate surface area is 160 Å². The third kappa shape index (κ3) is 4.76. The van der Waals surface area contributed by atoms with E-state index < -0.39 is 0 Å². The summed E-state index contributed by atoms with van der Waals surface area (Å²) in [5.41, 5.74) is 4.08. The second-order valence-electron chi connectivity index (χ2n) is 6.73. The first-order valence-electron chi connectivity index (χ1n) is 9.00. The number of ether oxygens (including phenoxy) is 1. The van der Waals surface area contributed by atoms with Gasteiger partial charge in [-0.15, -0.1) is 0 Å².